The second-order valence-corrected chi connectivity index (χ2v) is 12.9. The second kappa shape index (κ2) is 12.3. The standard InChI is InChI=1S/C28H20N2O11S3/c31-27(29-22-5-1-18-12-24(42-41-40-33)7-3-16(18)10-22)20-9-21(15-26(14-20)44(37,38)39)28(32)30-23-6-2-19-13-25(43(34,35)36)8-4-17(19)11-23/h1-15,33H,(H,29,31)(H,30,32)(H,34,35,36)(H,37,38,39). The van der Waals surface area contributed by atoms with Crippen LogP contribution in [0.2, 0.25) is 0 Å². The van der Waals surface area contributed by atoms with E-state index in [1.54, 1.807) is 36.4 Å². The molecule has 2 amide bonds. The van der Waals surface area contributed by atoms with Crippen LogP contribution in [0.25, 0.3) is 21.5 Å². The highest BCUT2D eigenvalue weighted by atomic mass is 32.2. The van der Waals surface area contributed by atoms with Crippen LogP contribution >= 0.6 is 12.0 Å². The van der Waals surface area contributed by atoms with E-state index in [1.807, 2.05) is 0 Å². The van der Waals surface area contributed by atoms with Crippen molar-refractivity contribution in [3.8, 4) is 0 Å². The number of rotatable bonds is 9. The van der Waals surface area contributed by atoms with Gasteiger partial charge in [-0.2, -0.15) is 16.8 Å². The molecule has 0 saturated heterocycles. The zero-order valence-corrected chi connectivity index (χ0v) is 24.4. The molecule has 44 heavy (non-hydrogen) atoms. The van der Waals surface area contributed by atoms with Crippen LogP contribution in [0.5, 0.6) is 0 Å². The fraction of sp³-hybridized carbons (Fsp3) is 0. The van der Waals surface area contributed by atoms with E-state index >= 15 is 0 Å². The molecule has 5 aromatic carbocycles. The minimum absolute atomic E-state index is 0.227. The van der Waals surface area contributed by atoms with Gasteiger partial charge in [-0.3, -0.25) is 18.7 Å². The monoisotopic (exact) mass is 656 g/mol. The molecule has 5 N–H and O–H groups in total. The molecule has 0 saturated carbocycles. The molecular formula is C28H20N2O11S3. The Labute approximate surface area is 254 Å². The summed E-state index contributed by atoms with van der Waals surface area (Å²) in [5.41, 5.74) is 0.146. The van der Waals surface area contributed by atoms with E-state index in [0.717, 1.165) is 41.0 Å². The van der Waals surface area contributed by atoms with Crippen LogP contribution in [-0.2, 0) is 29.6 Å². The van der Waals surface area contributed by atoms with Gasteiger partial charge in [0.15, 0.2) is 0 Å². The highest BCUT2D eigenvalue weighted by Crippen LogP contribution is 2.27. The maximum Gasteiger partial charge on any atom is 0.294 e. The Bertz CT molecular complexity index is 2170. The number of anilines is 2. The topological polar surface area (TPSA) is 206 Å². The minimum atomic E-state index is -4.81. The molecule has 0 unspecified atom stereocenters. The Morgan fingerprint density at radius 2 is 1.07 bits per heavy atom. The maximum atomic E-state index is 13.1. The normalized spacial score (nSPS) is 11.9. The number of carbonyl (C=O) groups excluding carboxylic acids is 2. The molecule has 5 rings (SSSR count). The van der Waals surface area contributed by atoms with E-state index in [4.69, 9.17) is 5.26 Å². The van der Waals surface area contributed by atoms with Crippen LogP contribution in [0.4, 0.5) is 11.4 Å². The van der Waals surface area contributed by atoms with Crippen LogP contribution in [-0.4, -0.2) is 43.0 Å². The summed E-state index contributed by atoms with van der Waals surface area (Å²) in [6, 6.07) is 21.5. The van der Waals surface area contributed by atoms with E-state index in [1.165, 1.54) is 36.4 Å². The zero-order chi connectivity index (χ0) is 31.6. The highest BCUT2D eigenvalue weighted by molar-refractivity contribution is 7.94. The Balaban J connectivity index is 1.40. The average Bonchev–Trinajstić information content (AvgIpc) is 2.98. The molecular weight excluding hydrogens is 637 g/mol. The van der Waals surface area contributed by atoms with Gasteiger partial charge in [-0.1, -0.05) is 29.3 Å². The summed E-state index contributed by atoms with van der Waals surface area (Å²) in [4.78, 5) is 25.9. The molecule has 0 aliphatic heterocycles. The molecule has 0 aromatic heterocycles. The number of hydrogen-bond acceptors (Lipinski definition) is 10. The van der Waals surface area contributed by atoms with Crippen LogP contribution in [0.1, 0.15) is 20.7 Å². The lowest BCUT2D eigenvalue weighted by molar-refractivity contribution is -0.432. The van der Waals surface area contributed by atoms with Crippen molar-refractivity contribution in [2.45, 2.75) is 14.7 Å². The summed E-state index contributed by atoms with van der Waals surface area (Å²) >= 11 is 0.784. The van der Waals surface area contributed by atoms with E-state index < -0.39 is 36.9 Å². The highest BCUT2D eigenvalue weighted by Gasteiger charge is 2.20. The van der Waals surface area contributed by atoms with Crippen LogP contribution in [0.15, 0.2) is 106 Å². The molecule has 0 aliphatic carbocycles. The first-order valence-corrected chi connectivity index (χ1v) is 15.9. The average molecular weight is 657 g/mol. The molecule has 0 bridgehead atoms. The van der Waals surface area contributed by atoms with E-state index in [9.17, 15) is 35.5 Å². The zero-order valence-electron chi connectivity index (χ0n) is 22.0. The summed E-state index contributed by atoms with van der Waals surface area (Å²) in [6.07, 6.45) is 0. The molecule has 0 heterocycles. The lowest BCUT2D eigenvalue weighted by atomic mass is 10.1. The number of carbonyl (C=O) groups is 2. The van der Waals surface area contributed by atoms with Crippen molar-refractivity contribution in [3.05, 3.63) is 102 Å². The maximum absolute atomic E-state index is 13.1. The first-order valence-electron chi connectivity index (χ1n) is 12.3. The number of fused-ring (bicyclic) bond motifs is 2. The molecule has 5 aromatic rings. The number of amides is 2. The Morgan fingerprint density at radius 3 is 1.59 bits per heavy atom. The van der Waals surface area contributed by atoms with Crippen molar-refractivity contribution in [3.63, 3.8) is 0 Å². The molecule has 16 heteroatoms. The predicted molar refractivity (Wildman–Crippen MR) is 161 cm³/mol. The first-order chi connectivity index (χ1) is 20.8. The van der Waals surface area contributed by atoms with Crippen molar-refractivity contribution in [1.82, 2.24) is 0 Å². The molecule has 13 nitrogen and oxygen atoms in total. The van der Waals surface area contributed by atoms with Crippen molar-refractivity contribution >= 4 is 77.0 Å². The third-order valence-corrected chi connectivity index (χ3v) is 8.58. The first kappa shape index (κ1) is 31.0. The van der Waals surface area contributed by atoms with Gasteiger partial charge in [0.05, 0.1) is 21.8 Å². The van der Waals surface area contributed by atoms with Crippen LogP contribution < -0.4 is 10.6 Å². The van der Waals surface area contributed by atoms with E-state index in [-0.39, 0.29) is 21.7 Å². The van der Waals surface area contributed by atoms with Crippen LogP contribution in [0.3, 0.4) is 0 Å². The van der Waals surface area contributed by atoms with Gasteiger partial charge >= 0.3 is 0 Å². The number of benzene rings is 5. The predicted octanol–water partition coefficient (Wildman–Crippen LogP) is 5.42. The summed E-state index contributed by atoms with van der Waals surface area (Å²) in [6.45, 7) is 0. The molecule has 226 valence electrons. The molecule has 0 atom stereocenters. The summed E-state index contributed by atoms with van der Waals surface area (Å²) in [5.74, 6) is -1.56. The van der Waals surface area contributed by atoms with E-state index in [2.05, 4.69) is 20.0 Å². The van der Waals surface area contributed by atoms with Gasteiger partial charge in [0.25, 0.3) is 32.1 Å². The fourth-order valence-electron chi connectivity index (χ4n) is 4.29. The lowest BCUT2D eigenvalue weighted by Crippen LogP contribution is -2.17. The number of hydrogen-bond donors (Lipinski definition) is 5. The molecule has 0 fully saturated rings. The minimum Gasteiger partial charge on any atom is -0.322 e. The Hall–Kier alpha value is -4.39. The van der Waals surface area contributed by atoms with Gasteiger partial charge in [-0.05, 0) is 88.3 Å². The second-order valence-electron chi connectivity index (χ2n) is 9.28. The molecule has 0 radical (unpaired) electrons. The smallest absolute Gasteiger partial charge is 0.294 e. The number of nitrogens with one attached hydrogen (secondary N) is 2. The van der Waals surface area contributed by atoms with Gasteiger partial charge in [0.2, 0.25) is 0 Å². The van der Waals surface area contributed by atoms with Gasteiger partial charge in [-0.15, -0.1) is 4.33 Å². The van der Waals surface area contributed by atoms with Crippen molar-refractivity contribution in [2.24, 2.45) is 0 Å². The largest absolute Gasteiger partial charge is 0.322 e. The van der Waals surface area contributed by atoms with Gasteiger partial charge < -0.3 is 10.6 Å². The Kier molecular flexibility index (Phi) is 8.69. The fourth-order valence-corrected chi connectivity index (χ4v) is 5.76. The third kappa shape index (κ3) is 7.21. The van der Waals surface area contributed by atoms with Crippen molar-refractivity contribution in [2.75, 3.05) is 10.6 Å². The van der Waals surface area contributed by atoms with E-state index in [0.29, 0.717) is 21.4 Å². The van der Waals surface area contributed by atoms with Crippen molar-refractivity contribution < 1.29 is 50.2 Å². The quantitative estimate of drug-likeness (QED) is 0.0584. The van der Waals surface area contributed by atoms with Crippen LogP contribution in [0, 0.1) is 0 Å². The van der Waals surface area contributed by atoms with Gasteiger partial charge in [-0.25, -0.2) is 5.26 Å². The van der Waals surface area contributed by atoms with Crippen molar-refractivity contribution in [1.29, 1.82) is 0 Å². The lowest BCUT2D eigenvalue weighted by Gasteiger charge is -2.11. The summed E-state index contributed by atoms with van der Waals surface area (Å²) < 4.78 is 70.1. The third-order valence-electron chi connectivity index (χ3n) is 6.33. The summed E-state index contributed by atoms with van der Waals surface area (Å²) in [5, 5.41) is 19.6. The molecule has 0 spiro atoms. The molecule has 0 aliphatic rings. The van der Waals surface area contributed by atoms with Gasteiger partial charge in [0, 0.05) is 27.4 Å². The Morgan fingerprint density at radius 1 is 0.591 bits per heavy atom. The summed E-state index contributed by atoms with van der Waals surface area (Å²) in [7, 11) is -9.22. The van der Waals surface area contributed by atoms with Gasteiger partial charge in [0.1, 0.15) is 0 Å². The SMILES string of the molecule is O=C(Nc1ccc2cc(SOOO)ccc2c1)c1cc(C(=O)Nc2ccc3cc(S(=O)(=O)O)ccc3c2)cc(S(=O)(=O)O)c1.